The van der Waals surface area contributed by atoms with E-state index < -0.39 is 0 Å². The Morgan fingerprint density at radius 1 is 1.27 bits per heavy atom. The van der Waals surface area contributed by atoms with Gasteiger partial charge >= 0.3 is 0 Å². The Bertz CT molecular complexity index is 738. The zero-order valence-electron chi connectivity index (χ0n) is 14.1. The lowest BCUT2D eigenvalue weighted by molar-refractivity contribution is 0.0992. The Labute approximate surface area is 135 Å². The minimum Gasteiger partial charge on any atom is -0.309 e. The molecule has 0 radical (unpaired) electrons. The van der Waals surface area contributed by atoms with Crippen LogP contribution in [0.15, 0.2) is 4.79 Å². The predicted molar refractivity (Wildman–Crippen MR) is 92.6 cm³/mol. The van der Waals surface area contributed by atoms with Crippen LogP contribution in [0.2, 0.25) is 0 Å². The summed E-state index contributed by atoms with van der Waals surface area (Å²) >= 11 is 1.62. The average molecular weight is 319 g/mol. The molecule has 0 unspecified atom stereocenters. The molecule has 1 aliphatic rings. The fourth-order valence-corrected chi connectivity index (χ4v) is 4.71. The van der Waals surface area contributed by atoms with Crippen LogP contribution in [0.25, 0.3) is 10.2 Å². The van der Waals surface area contributed by atoms with Crippen LogP contribution >= 0.6 is 11.3 Å². The monoisotopic (exact) mass is 319 g/mol. The second-order valence-electron chi connectivity index (χ2n) is 6.99. The molecule has 4 nitrogen and oxygen atoms in total. The highest BCUT2D eigenvalue weighted by molar-refractivity contribution is 7.18. The summed E-state index contributed by atoms with van der Waals surface area (Å²) in [7, 11) is 0. The number of hydrogen-bond acceptors (Lipinski definition) is 4. The number of nitrogens with one attached hydrogen (secondary N) is 1. The third-order valence-electron chi connectivity index (χ3n) is 4.90. The molecule has 3 atom stereocenters. The summed E-state index contributed by atoms with van der Waals surface area (Å²) in [6.45, 7) is 13.0. The Kier molecular flexibility index (Phi) is 4.12. The van der Waals surface area contributed by atoms with Gasteiger partial charge in [0, 0.05) is 18.0 Å². The molecular weight excluding hydrogens is 294 g/mol. The van der Waals surface area contributed by atoms with E-state index in [1.165, 1.54) is 11.3 Å². The van der Waals surface area contributed by atoms with Gasteiger partial charge in [0.25, 0.3) is 5.56 Å². The number of nitrogens with zero attached hydrogens (tertiary/aromatic N) is 2. The SMILES string of the molecule is Cc1sc2nc([C@@H](C)N3C[C@@H](C)C[C@H](C)C3)[nH]c(=O)c2c1C. The van der Waals surface area contributed by atoms with Gasteiger partial charge in [-0.2, -0.15) is 0 Å². The first-order valence-corrected chi connectivity index (χ1v) is 8.92. The van der Waals surface area contributed by atoms with Crippen LogP contribution in [0.4, 0.5) is 0 Å². The quantitative estimate of drug-likeness (QED) is 0.919. The summed E-state index contributed by atoms with van der Waals surface area (Å²) in [5.41, 5.74) is 1.07. The largest absolute Gasteiger partial charge is 0.309 e. The van der Waals surface area contributed by atoms with Gasteiger partial charge < -0.3 is 4.98 Å². The van der Waals surface area contributed by atoms with Crippen LogP contribution in [-0.2, 0) is 0 Å². The van der Waals surface area contributed by atoms with Crippen molar-refractivity contribution >= 4 is 21.6 Å². The van der Waals surface area contributed by atoms with E-state index in [-0.39, 0.29) is 11.6 Å². The first-order chi connectivity index (χ1) is 10.4. The van der Waals surface area contributed by atoms with Gasteiger partial charge in [0.1, 0.15) is 10.7 Å². The molecule has 0 saturated carbocycles. The Hall–Kier alpha value is -1.20. The lowest BCUT2D eigenvalue weighted by atomic mass is 9.91. The van der Waals surface area contributed by atoms with Gasteiger partial charge in [-0.3, -0.25) is 9.69 Å². The number of fused-ring (bicyclic) bond motifs is 1. The number of aromatic nitrogens is 2. The van der Waals surface area contributed by atoms with Crippen LogP contribution in [0.5, 0.6) is 0 Å². The maximum Gasteiger partial charge on any atom is 0.259 e. The van der Waals surface area contributed by atoms with E-state index in [0.29, 0.717) is 11.8 Å². The summed E-state index contributed by atoms with van der Waals surface area (Å²) < 4.78 is 0. The van der Waals surface area contributed by atoms with Gasteiger partial charge in [0.05, 0.1) is 11.4 Å². The molecule has 22 heavy (non-hydrogen) atoms. The van der Waals surface area contributed by atoms with Crippen LogP contribution in [0.3, 0.4) is 0 Å². The fraction of sp³-hybridized carbons (Fsp3) is 0.647. The number of thiophene rings is 1. The van der Waals surface area contributed by atoms with Crippen molar-refractivity contribution in [3.05, 3.63) is 26.6 Å². The Morgan fingerprint density at radius 2 is 1.91 bits per heavy atom. The van der Waals surface area contributed by atoms with Crippen LogP contribution in [-0.4, -0.2) is 28.0 Å². The fourth-order valence-electron chi connectivity index (χ4n) is 3.67. The molecule has 0 bridgehead atoms. The summed E-state index contributed by atoms with van der Waals surface area (Å²) in [5.74, 6) is 2.21. The maximum absolute atomic E-state index is 12.4. The van der Waals surface area contributed by atoms with Crippen molar-refractivity contribution in [2.45, 2.75) is 47.1 Å². The molecule has 1 fully saturated rings. The summed E-state index contributed by atoms with van der Waals surface area (Å²) in [5, 5.41) is 0.763. The Morgan fingerprint density at radius 3 is 2.55 bits per heavy atom. The molecule has 3 heterocycles. The molecule has 1 N–H and O–H groups in total. The molecule has 0 spiro atoms. The summed E-state index contributed by atoms with van der Waals surface area (Å²) in [6, 6.07) is 0.157. The molecule has 2 aromatic rings. The average Bonchev–Trinajstić information content (AvgIpc) is 2.72. The second-order valence-corrected chi connectivity index (χ2v) is 8.19. The van der Waals surface area contributed by atoms with Gasteiger partial charge in [0.2, 0.25) is 0 Å². The number of likely N-dealkylation sites (tertiary alicyclic amines) is 1. The number of rotatable bonds is 2. The van der Waals surface area contributed by atoms with Crippen molar-refractivity contribution in [3.8, 4) is 0 Å². The van der Waals surface area contributed by atoms with Gasteiger partial charge in [0.15, 0.2) is 0 Å². The van der Waals surface area contributed by atoms with Gasteiger partial charge in [-0.05, 0) is 44.6 Å². The third kappa shape index (κ3) is 2.72. The van der Waals surface area contributed by atoms with Crippen molar-refractivity contribution < 1.29 is 0 Å². The molecule has 3 rings (SSSR count). The van der Waals surface area contributed by atoms with E-state index in [4.69, 9.17) is 4.98 Å². The van der Waals surface area contributed by atoms with Crippen molar-refractivity contribution in [2.24, 2.45) is 11.8 Å². The van der Waals surface area contributed by atoms with E-state index in [9.17, 15) is 4.79 Å². The van der Waals surface area contributed by atoms with Crippen LogP contribution in [0.1, 0.15) is 49.5 Å². The first-order valence-electron chi connectivity index (χ1n) is 8.10. The van der Waals surface area contributed by atoms with Crippen LogP contribution in [0, 0.1) is 25.7 Å². The normalized spacial score (nSPS) is 24.8. The molecule has 120 valence electrons. The molecule has 2 aromatic heterocycles. The van der Waals surface area contributed by atoms with E-state index in [0.717, 1.165) is 34.7 Å². The predicted octanol–water partition coefficient (Wildman–Crippen LogP) is 3.64. The highest BCUT2D eigenvalue weighted by Gasteiger charge is 2.27. The zero-order valence-corrected chi connectivity index (χ0v) is 14.9. The number of hydrogen-bond donors (Lipinski definition) is 1. The zero-order chi connectivity index (χ0) is 16.0. The number of aryl methyl sites for hydroxylation is 2. The summed E-state index contributed by atoms with van der Waals surface area (Å²) in [4.78, 5) is 24.7. The van der Waals surface area contributed by atoms with Crippen molar-refractivity contribution in [1.29, 1.82) is 0 Å². The maximum atomic E-state index is 12.4. The molecule has 1 saturated heterocycles. The third-order valence-corrected chi connectivity index (χ3v) is 6.00. The van der Waals surface area contributed by atoms with E-state index in [1.54, 1.807) is 11.3 Å². The highest BCUT2D eigenvalue weighted by atomic mass is 32.1. The minimum absolute atomic E-state index is 0.00630. The molecule has 0 aliphatic carbocycles. The van der Waals surface area contributed by atoms with Crippen LogP contribution < -0.4 is 5.56 Å². The van der Waals surface area contributed by atoms with E-state index in [2.05, 4.69) is 37.6 Å². The first kappa shape index (κ1) is 15.7. The molecule has 0 aromatic carbocycles. The molecular formula is C17H25N3OS. The Balaban J connectivity index is 1.97. The van der Waals surface area contributed by atoms with Gasteiger partial charge in [-0.15, -0.1) is 11.3 Å². The standard InChI is InChI=1S/C17H25N3OS/c1-9-6-10(2)8-20(7-9)12(4)15-18-16(21)14-11(3)13(5)22-17(14)19-15/h9-10,12H,6-8H2,1-5H3,(H,18,19,21)/t9-,10-,12+/m0/s1. The summed E-state index contributed by atoms with van der Waals surface area (Å²) in [6.07, 6.45) is 1.29. The molecule has 0 amide bonds. The lowest BCUT2D eigenvalue weighted by Crippen LogP contribution is -2.41. The number of piperidine rings is 1. The van der Waals surface area contributed by atoms with Crippen molar-refractivity contribution in [3.63, 3.8) is 0 Å². The minimum atomic E-state index is 0.00630. The highest BCUT2D eigenvalue weighted by Crippen LogP contribution is 2.30. The topological polar surface area (TPSA) is 49.0 Å². The number of aromatic amines is 1. The number of H-pyrrole nitrogens is 1. The van der Waals surface area contributed by atoms with Crippen molar-refractivity contribution in [2.75, 3.05) is 13.1 Å². The van der Waals surface area contributed by atoms with Gasteiger partial charge in [-0.25, -0.2) is 4.98 Å². The van der Waals surface area contributed by atoms with Gasteiger partial charge in [-0.1, -0.05) is 13.8 Å². The van der Waals surface area contributed by atoms with Crippen molar-refractivity contribution in [1.82, 2.24) is 14.9 Å². The molecule has 5 heteroatoms. The lowest BCUT2D eigenvalue weighted by Gasteiger charge is -2.38. The van der Waals surface area contributed by atoms with E-state index in [1.807, 2.05) is 6.92 Å². The van der Waals surface area contributed by atoms with E-state index >= 15 is 0 Å². The smallest absolute Gasteiger partial charge is 0.259 e. The molecule has 1 aliphatic heterocycles. The second kappa shape index (κ2) is 5.78.